The van der Waals surface area contributed by atoms with Gasteiger partial charge < -0.3 is 20.7 Å². The van der Waals surface area contributed by atoms with Crippen LogP contribution in [0, 0.1) is 0 Å². The molecule has 0 spiro atoms. The molecule has 0 bridgehead atoms. The summed E-state index contributed by atoms with van der Waals surface area (Å²) in [7, 11) is 0. The Morgan fingerprint density at radius 2 is 1.95 bits per heavy atom. The van der Waals surface area contributed by atoms with Gasteiger partial charge in [0.25, 0.3) is 0 Å². The Bertz CT molecular complexity index is 360. The lowest BCUT2D eigenvalue weighted by atomic mass is 10.3. The molecule has 3 N–H and O–H groups in total. The molecule has 0 unspecified atom stereocenters. The summed E-state index contributed by atoms with van der Waals surface area (Å²) in [4.78, 5) is 35.9. The van der Waals surface area contributed by atoms with E-state index in [0.29, 0.717) is 6.42 Å². The summed E-state index contributed by atoms with van der Waals surface area (Å²) in [6.45, 7) is 3.70. The van der Waals surface area contributed by atoms with Crippen molar-refractivity contribution in [2.75, 3.05) is 26.2 Å². The first-order chi connectivity index (χ1) is 8.92. The summed E-state index contributed by atoms with van der Waals surface area (Å²) in [6.07, 6.45) is 0.619. The highest BCUT2D eigenvalue weighted by molar-refractivity contribution is 7.80. The molecule has 0 fully saturated rings. The minimum atomic E-state index is -0.842. The monoisotopic (exact) mass is 289 g/mol. The van der Waals surface area contributed by atoms with E-state index in [0.717, 1.165) is 4.90 Å². The number of nitrogens with one attached hydrogen (secondary N) is 1. The number of rotatable bonds is 7. The standard InChI is InChI=1S/C11H19N3O4S/c1-3-5-14(7-9(15)18-4-2)11(17)10(16)13-6-8(12)19/h3-7H2,1-2H3,(H2,12,19)(H,13,16). The first-order valence-corrected chi connectivity index (χ1v) is 6.34. The second-order valence-corrected chi connectivity index (χ2v) is 4.21. The zero-order valence-corrected chi connectivity index (χ0v) is 11.9. The Balaban J connectivity index is 4.50. The first-order valence-electron chi connectivity index (χ1n) is 5.93. The summed E-state index contributed by atoms with van der Waals surface area (Å²) < 4.78 is 4.74. The maximum absolute atomic E-state index is 11.8. The third-order valence-corrected chi connectivity index (χ3v) is 2.17. The van der Waals surface area contributed by atoms with Crippen LogP contribution >= 0.6 is 12.2 Å². The lowest BCUT2D eigenvalue weighted by molar-refractivity contribution is -0.152. The summed E-state index contributed by atoms with van der Waals surface area (Å²) in [6, 6.07) is 0. The van der Waals surface area contributed by atoms with Crippen molar-refractivity contribution >= 4 is 35.0 Å². The third-order valence-electron chi connectivity index (χ3n) is 2.02. The Kier molecular flexibility index (Phi) is 8.43. The predicted octanol–water partition coefficient (Wildman–Crippen LogP) is -0.810. The zero-order valence-electron chi connectivity index (χ0n) is 11.1. The quantitative estimate of drug-likeness (QED) is 0.361. The maximum atomic E-state index is 11.8. The van der Waals surface area contributed by atoms with Gasteiger partial charge in [-0.3, -0.25) is 14.4 Å². The Hall–Kier alpha value is -1.70. The Morgan fingerprint density at radius 1 is 1.32 bits per heavy atom. The van der Waals surface area contributed by atoms with Crippen LogP contribution in [-0.4, -0.2) is 53.9 Å². The van der Waals surface area contributed by atoms with Crippen molar-refractivity contribution < 1.29 is 19.1 Å². The minimum absolute atomic E-state index is 0.0563. The fraction of sp³-hybridized carbons (Fsp3) is 0.636. The Labute approximate surface area is 117 Å². The highest BCUT2D eigenvalue weighted by Gasteiger charge is 2.23. The van der Waals surface area contributed by atoms with Crippen molar-refractivity contribution in [2.24, 2.45) is 5.73 Å². The molecule has 0 aromatic rings. The van der Waals surface area contributed by atoms with E-state index in [-0.39, 0.29) is 31.2 Å². The van der Waals surface area contributed by atoms with Crippen LogP contribution in [0.2, 0.25) is 0 Å². The van der Waals surface area contributed by atoms with E-state index in [1.165, 1.54) is 0 Å². The van der Waals surface area contributed by atoms with E-state index < -0.39 is 17.8 Å². The molecule has 0 aliphatic rings. The normalized spacial score (nSPS) is 9.58. The van der Waals surface area contributed by atoms with Gasteiger partial charge in [-0.05, 0) is 13.3 Å². The second-order valence-electron chi connectivity index (χ2n) is 3.68. The van der Waals surface area contributed by atoms with E-state index in [4.69, 9.17) is 10.5 Å². The number of amides is 2. The van der Waals surface area contributed by atoms with Crippen LogP contribution in [0.3, 0.4) is 0 Å². The largest absolute Gasteiger partial charge is 0.465 e. The van der Waals surface area contributed by atoms with Crippen LogP contribution in [0.1, 0.15) is 20.3 Å². The number of nitrogens with zero attached hydrogens (tertiary/aromatic N) is 1. The van der Waals surface area contributed by atoms with Gasteiger partial charge in [0.15, 0.2) is 0 Å². The van der Waals surface area contributed by atoms with Gasteiger partial charge in [0.1, 0.15) is 6.54 Å². The van der Waals surface area contributed by atoms with Crippen LogP contribution in [0.5, 0.6) is 0 Å². The van der Waals surface area contributed by atoms with Crippen LogP contribution in [0.4, 0.5) is 0 Å². The van der Waals surface area contributed by atoms with Crippen molar-refractivity contribution in [3.8, 4) is 0 Å². The van der Waals surface area contributed by atoms with Gasteiger partial charge >= 0.3 is 17.8 Å². The van der Waals surface area contributed by atoms with E-state index in [9.17, 15) is 14.4 Å². The zero-order chi connectivity index (χ0) is 14.8. The van der Waals surface area contributed by atoms with Gasteiger partial charge in [0.2, 0.25) is 0 Å². The number of nitrogens with two attached hydrogens (primary N) is 1. The molecule has 8 heteroatoms. The van der Waals surface area contributed by atoms with Crippen LogP contribution < -0.4 is 11.1 Å². The number of esters is 1. The molecular weight excluding hydrogens is 270 g/mol. The highest BCUT2D eigenvalue weighted by atomic mass is 32.1. The number of ether oxygens (including phenoxy) is 1. The number of thiocarbonyl (C=S) groups is 1. The van der Waals surface area contributed by atoms with Crippen molar-refractivity contribution in [3.63, 3.8) is 0 Å². The van der Waals surface area contributed by atoms with Crippen LogP contribution in [-0.2, 0) is 19.1 Å². The van der Waals surface area contributed by atoms with Crippen molar-refractivity contribution in [1.82, 2.24) is 10.2 Å². The SMILES string of the molecule is CCCN(CC(=O)OCC)C(=O)C(=O)NCC(N)=S. The van der Waals surface area contributed by atoms with E-state index >= 15 is 0 Å². The molecule has 0 aromatic carbocycles. The molecule has 0 heterocycles. The molecule has 0 aliphatic heterocycles. The van der Waals surface area contributed by atoms with Crippen LogP contribution in [0.15, 0.2) is 0 Å². The molecule has 108 valence electrons. The number of hydrogen-bond acceptors (Lipinski definition) is 5. The number of carbonyl (C=O) groups excluding carboxylic acids is 3. The average Bonchev–Trinajstić information content (AvgIpc) is 2.34. The van der Waals surface area contributed by atoms with Gasteiger partial charge in [-0.1, -0.05) is 19.1 Å². The smallest absolute Gasteiger partial charge is 0.325 e. The topological polar surface area (TPSA) is 102 Å². The second kappa shape index (κ2) is 9.26. The summed E-state index contributed by atoms with van der Waals surface area (Å²) in [5, 5.41) is 2.28. The molecule has 0 atom stereocenters. The molecule has 0 aromatic heterocycles. The van der Waals surface area contributed by atoms with Gasteiger partial charge in [-0.2, -0.15) is 0 Å². The fourth-order valence-corrected chi connectivity index (χ4v) is 1.34. The molecule has 19 heavy (non-hydrogen) atoms. The minimum Gasteiger partial charge on any atom is -0.465 e. The van der Waals surface area contributed by atoms with Crippen molar-refractivity contribution in [1.29, 1.82) is 0 Å². The van der Waals surface area contributed by atoms with Gasteiger partial charge in [0.05, 0.1) is 18.1 Å². The van der Waals surface area contributed by atoms with Gasteiger partial charge in [0, 0.05) is 6.54 Å². The van der Waals surface area contributed by atoms with E-state index in [1.807, 2.05) is 6.92 Å². The fourth-order valence-electron chi connectivity index (χ4n) is 1.27. The molecule has 0 radical (unpaired) electrons. The highest BCUT2D eigenvalue weighted by Crippen LogP contribution is 1.95. The molecule has 0 aliphatic carbocycles. The molecule has 2 amide bonds. The van der Waals surface area contributed by atoms with Gasteiger partial charge in [-0.25, -0.2) is 0 Å². The van der Waals surface area contributed by atoms with Gasteiger partial charge in [-0.15, -0.1) is 0 Å². The molecule has 0 rings (SSSR count). The Morgan fingerprint density at radius 3 is 2.42 bits per heavy atom. The average molecular weight is 289 g/mol. The third kappa shape index (κ3) is 7.35. The molecule has 0 saturated carbocycles. The predicted molar refractivity (Wildman–Crippen MR) is 73.3 cm³/mol. The van der Waals surface area contributed by atoms with E-state index in [1.54, 1.807) is 6.92 Å². The number of hydrogen-bond donors (Lipinski definition) is 2. The lowest BCUT2D eigenvalue weighted by Gasteiger charge is -2.20. The van der Waals surface area contributed by atoms with Crippen molar-refractivity contribution in [2.45, 2.75) is 20.3 Å². The van der Waals surface area contributed by atoms with Crippen molar-refractivity contribution in [3.05, 3.63) is 0 Å². The van der Waals surface area contributed by atoms with E-state index in [2.05, 4.69) is 17.5 Å². The summed E-state index contributed by atoms with van der Waals surface area (Å²) in [5.41, 5.74) is 5.21. The lowest BCUT2D eigenvalue weighted by Crippen LogP contribution is -2.47. The molecule has 7 nitrogen and oxygen atoms in total. The summed E-state index contributed by atoms with van der Waals surface area (Å²) >= 11 is 4.59. The maximum Gasteiger partial charge on any atom is 0.325 e. The molecular formula is C11H19N3O4S. The first kappa shape index (κ1) is 17.3. The summed E-state index contributed by atoms with van der Waals surface area (Å²) in [5.74, 6) is -2.19. The molecule has 0 saturated heterocycles. The number of carbonyl (C=O) groups is 3. The van der Waals surface area contributed by atoms with Crippen LogP contribution in [0.25, 0.3) is 0 Å².